The van der Waals surface area contributed by atoms with Gasteiger partial charge in [-0.1, -0.05) is 0 Å². The summed E-state index contributed by atoms with van der Waals surface area (Å²) >= 11 is 0. The van der Waals surface area contributed by atoms with E-state index >= 15 is 0 Å². The van der Waals surface area contributed by atoms with Gasteiger partial charge in [0.2, 0.25) is 0 Å². The number of amides is 1. The Morgan fingerprint density at radius 1 is 1.59 bits per heavy atom. The van der Waals surface area contributed by atoms with E-state index < -0.39 is 5.82 Å². The summed E-state index contributed by atoms with van der Waals surface area (Å²) in [4.78, 5) is 13.7. The van der Waals surface area contributed by atoms with Crippen LogP contribution in [0.5, 0.6) is 0 Å². The first-order valence-electron chi connectivity index (χ1n) is 5.60. The minimum absolute atomic E-state index is 0.0685. The van der Waals surface area contributed by atoms with E-state index in [0.717, 1.165) is 18.9 Å². The second-order valence-electron chi connectivity index (χ2n) is 4.21. The highest BCUT2D eigenvalue weighted by Gasteiger charge is 2.29. The maximum atomic E-state index is 13.1. The predicted molar refractivity (Wildman–Crippen MR) is 62.0 cm³/mol. The van der Waals surface area contributed by atoms with Gasteiger partial charge in [-0.05, 0) is 31.0 Å². The van der Waals surface area contributed by atoms with Crippen LogP contribution in [0.2, 0.25) is 0 Å². The minimum atomic E-state index is -0.484. The zero-order chi connectivity index (χ0) is 12.4. The van der Waals surface area contributed by atoms with Crippen molar-refractivity contribution in [3.8, 4) is 0 Å². The molecule has 0 unspecified atom stereocenters. The van der Waals surface area contributed by atoms with Crippen LogP contribution in [0.15, 0.2) is 18.2 Å². The average molecular weight is 238 g/mol. The van der Waals surface area contributed by atoms with Crippen molar-refractivity contribution in [2.24, 2.45) is 0 Å². The first kappa shape index (κ1) is 11.9. The van der Waals surface area contributed by atoms with Gasteiger partial charge in [-0.25, -0.2) is 4.39 Å². The van der Waals surface area contributed by atoms with Gasteiger partial charge < -0.3 is 15.7 Å². The van der Waals surface area contributed by atoms with Gasteiger partial charge >= 0.3 is 0 Å². The summed E-state index contributed by atoms with van der Waals surface area (Å²) in [6, 6.07) is 3.57. The molecule has 1 aliphatic rings. The number of hydrogen-bond acceptors (Lipinski definition) is 3. The molecule has 0 aliphatic carbocycles. The molecule has 3 N–H and O–H groups in total. The number of anilines is 1. The lowest BCUT2D eigenvalue weighted by molar-refractivity contribution is 0.0678. The molecule has 1 aliphatic heterocycles. The van der Waals surface area contributed by atoms with Gasteiger partial charge in [-0.15, -0.1) is 0 Å². The standard InChI is InChI=1S/C12H15FN2O2/c13-8-3-4-11(14)10(6-8)12(17)15-5-1-2-9(15)7-16/h3-4,6,9,16H,1-2,5,7,14H2/t9-/m1/s1. The lowest BCUT2D eigenvalue weighted by atomic mass is 10.1. The van der Waals surface area contributed by atoms with Crippen LogP contribution < -0.4 is 5.73 Å². The Labute approximate surface area is 98.8 Å². The number of likely N-dealkylation sites (tertiary alicyclic amines) is 1. The van der Waals surface area contributed by atoms with Crippen molar-refractivity contribution in [1.29, 1.82) is 0 Å². The fourth-order valence-corrected chi connectivity index (χ4v) is 2.16. The summed E-state index contributed by atoms with van der Waals surface area (Å²) in [7, 11) is 0. The van der Waals surface area contributed by atoms with Gasteiger partial charge in [-0.2, -0.15) is 0 Å². The molecule has 1 aromatic carbocycles. The molecule has 0 bridgehead atoms. The average Bonchev–Trinajstić information content (AvgIpc) is 2.79. The fourth-order valence-electron chi connectivity index (χ4n) is 2.16. The van der Waals surface area contributed by atoms with Crippen LogP contribution in [-0.2, 0) is 0 Å². The Kier molecular flexibility index (Phi) is 3.28. The second-order valence-corrected chi connectivity index (χ2v) is 4.21. The first-order chi connectivity index (χ1) is 8.13. The maximum absolute atomic E-state index is 13.1. The lowest BCUT2D eigenvalue weighted by Crippen LogP contribution is -2.38. The van der Waals surface area contributed by atoms with Crippen molar-refractivity contribution in [3.63, 3.8) is 0 Å². The number of halogens is 1. The number of carbonyl (C=O) groups excluding carboxylic acids is 1. The third kappa shape index (κ3) is 2.24. The zero-order valence-electron chi connectivity index (χ0n) is 9.40. The van der Waals surface area contributed by atoms with Gasteiger partial charge in [0.15, 0.2) is 0 Å². The van der Waals surface area contributed by atoms with Crippen LogP contribution in [0, 0.1) is 5.82 Å². The van der Waals surface area contributed by atoms with Crippen LogP contribution in [0.4, 0.5) is 10.1 Å². The summed E-state index contributed by atoms with van der Waals surface area (Å²) in [5, 5.41) is 9.16. The molecular formula is C12H15FN2O2. The number of aliphatic hydroxyl groups excluding tert-OH is 1. The normalized spacial score (nSPS) is 19.6. The molecule has 0 spiro atoms. The molecule has 1 heterocycles. The van der Waals surface area contributed by atoms with E-state index in [1.807, 2.05) is 0 Å². The number of rotatable bonds is 2. The molecule has 1 amide bonds. The van der Waals surface area contributed by atoms with Crippen LogP contribution in [0.1, 0.15) is 23.2 Å². The molecule has 0 radical (unpaired) electrons. The maximum Gasteiger partial charge on any atom is 0.256 e. The van der Waals surface area contributed by atoms with Gasteiger partial charge in [0, 0.05) is 12.2 Å². The van der Waals surface area contributed by atoms with E-state index in [0.29, 0.717) is 6.54 Å². The third-order valence-corrected chi connectivity index (χ3v) is 3.09. The Morgan fingerprint density at radius 3 is 3.06 bits per heavy atom. The Morgan fingerprint density at radius 2 is 2.35 bits per heavy atom. The van der Waals surface area contributed by atoms with E-state index in [2.05, 4.69) is 0 Å². The zero-order valence-corrected chi connectivity index (χ0v) is 9.40. The quantitative estimate of drug-likeness (QED) is 0.755. The number of carbonyl (C=O) groups is 1. The number of aliphatic hydroxyl groups is 1. The molecular weight excluding hydrogens is 223 g/mol. The topological polar surface area (TPSA) is 66.6 Å². The molecule has 92 valence electrons. The SMILES string of the molecule is Nc1ccc(F)cc1C(=O)N1CCC[C@@H]1CO. The van der Waals surface area contributed by atoms with E-state index in [-0.39, 0.29) is 29.8 Å². The van der Waals surface area contributed by atoms with Crippen molar-refractivity contribution in [3.05, 3.63) is 29.6 Å². The summed E-state index contributed by atoms with van der Waals surface area (Å²) in [6.07, 6.45) is 1.63. The first-order valence-corrected chi connectivity index (χ1v) is 5.60. The Bertz CT molecular complexity index is 437. The summed E-state index contributed by atoms with van der Waals surface area (Å²) in [5.74, 6) is -0.791. The van der Waals surface area contributed by atoms with Gasteiger partial charge in [0.1, 0.15) is 5.82 Å². The van der Waals surface area contributed by atoms with Gasteiger partial charge in [0.05, 0.1) is 18.2 Å². The fraction of sp³-hybridized carbons (Fsp3) is 0.417. The van der Waals surface area contributed by atoms with Crippen molar-refractivity contribution in [1.82, 2.24) is 4.90 Å². The molecule has 1 saturated heterocycles. The number of nitrogen functional groups attached to an aromatic ring is 1. The largest absolute Gasteiger partial charge is 0.398 e. The number of nitrogens with zero attached hydrogens (tertiary/aromatic N) is 1. The minimum Gasteiger partial charge on any atom is -0.398 e. The van der Waals surface area contributed by atoms with Gasteiger partial charge in [0.25, 0.3) is 5.91 Å². The van der Waals surface area contributed by atoms with Crippen LogP contribution >= 0.6 is 0 Å². The van der Waals surface area contributed by atoms with Crippen LogP contribution in [0.3, 0.4) is 0 Å². The highest BCUT2D eigenvalue weighted by atomic mass is 19.1. The Balaban J connectivity index is 2.27. The molecule has 1 aromatic rings. The molecule has 2 rings (SSSR count). The van der Waals surface area contributed by atoms with Crippen molar-refractivity contribution in [2.75, 3.05) is 18.9 Å². The smallest absolute Gasteiger partial charge is 0.256 e. The van der Waals surface area contributed by atoms with Crippen molar-refractivity contribution in [2.45, 2.75) is 18.9 Å². The van der Waals surface area contributed by atoms with E-state index in [9.17, 15) is 9.18 Å². The van der Waals surface area contributed by atoms with Crippen LogP contribution in [0.25, 0.3) is 0 Å². The number of hydrogen-bond donors (Lipinski definition) is 2. The molecule has 5 heteroatoms. The van der Waals surface area contributed by atoms with E-state index in [4.69, 9.17) is 10.8 Å². The number of benzene rings is 1. The van der Waals surface area contributed by atoms with Gasteiger partial charge in [-0.3, -0.25) is 4.79 Å². The monoisotopic (exact) mass is 238 g/mol. The van der Waals surface area contributed by atoms with Crippen LogP contribution in [-0.4, -0.2) is 35.1 Å². The summed E-state index contributed by atoms with van der Waals surface area (Å²) in [6.45, 7) is 0.515. The summed E-state index contributed by atoms with van der Waals surface area (Å²) in [5.41, 5.74) is 6.10. The third-order valence-electron chi connectivity index (χ3n) is 3.09. The lowest BCUT2D eigenvalue weighted by Gasteiger charge is -2.23. The van der Waals surface area contributed by atoms with E-state index in [1.165, 1.54) is 12.1 Å². The molecule has 4 nitrogen and oxygen atoms in total. The van der Waals surface area contributed by atoms with Crippen molar-refractivity contribution < 1.29 is 14.3 Å². The molecule has 1 atom stereocenters. The molecule has 0 aromatic heterocycles. The van der Waals surface area contributed by atoms with Crippen molar-refractivity contribution >= 4 is 11.6 Å². The Hall–Kier alpha value is -1.62. The molecule has 17 heavy (non-hydrogen) atoms. The molecule has 1 fully saturated rings. The molecule has 0 saturated carbocycles. The summed E-state index contributed by atoms with van der Waals surface area (Å²) < 4.78 is 13.1. The highest BCUT2D eigenvalue weighted by molar-refractivity contribution is 5.99. The highest BCUT2D eigenvalue weighted by Crippen LogP contribution is 2.22. The van der Waals surface area contributed by atoms with E-state index in [1.54, 1.807) is 4.90 Å². The number of nitrogens with two attached hydrogens (primary N) is 1. The predicted octanol–water partition coefficient (Wildman–Crippen LogP) is 1.00. The second kappa shape index (κ2) is 4.71.